The maximum atomic E-state index is 5.65. The molecule has 96 valence electrons. The molecule has 1 aromatic carbocycles. The Morgan fingerprint density at radius 2 is 1.67 bits per heavy atom. The van der Waals surface area contributed by atoms with Crippen molar-refractivity contribution in [2.24, 2.45) is 0 Å². The summed E-state index contributed by atoms with van der Waals surface area (Å²) >= 11 is 0. The van der Waals surface area contributed by atoms with Crippen molar-refractivity contribution in [1.82, 2.24) is 0 Å². The molecule has 0 fully saturated rings. The summed E-state index contributed by atoms with van der Waals surface area (Å²) in [4.78, 5) is 2.09. The van der Waals surface area contributed by atoms with E-state index in [1.807, 2.05) is 26.2 Å². The normalized spacial score (nSPS) is 10.4. The van der Waals surface area contributed by atoms with Crippen molar-refractivity contribution >= 4 is 11.4 Å². The molecule has 18 heavy (non-hydrogen) atoms. The van der Waals surface area contributed by atoms with Gasteiger partial charge >= 0.3 is 0 Å². The van der Waals surface area contributed by atoms with Gasteiger partial charge in [-0.25, -0.2) is 0 Å². The number of furan rings is 1. The van der Waals surface area contributed by atoms with E-state index in [-0.39, 0.29) is 0 Å². The van der Waals surface area contributed by atoms with Gasteiger partial charge in [-0.3, -0.25) is 0 Å². The van der Waals surface area contributed by atoms with E-state index in [1.165, 1.54) is 5.69 Å². The quantitative estimate of drug-likeness (QED) is 0.872. The molecular weight excluding hydrogens is 224 g/mol. The highest BCUT2D eigenvalue weighted by atomic mass is 16.3. The Hall–Kier alpha value is -1.90. The number of benzene rings is 1. The maximum Gasteiger partial charge on any atom is 0.123 e. The first-order valence-electron chi connectivity index (χ1n) is 6.28. The molecule has 3 heteroatoms. The Labute approximate surface area is 108 Å². The number of nitrogens with zero attached hydrogens (tertiary/aromatic N) is 1. The molecule has 0 aliphatic rings. The molecule has 0 unspecified atom stereocenters. The lowest BCUT2D eigenvalue weighted by atomic mass is 10.2. The molecule has 1 heterocycles. The fraction of sp³-hybridized carbons (Fsp3) is 0.333. The highest BCUT2D eigenvalue weighted by Crippen LogP contribution is 2.17. The molecule has 0 saturated carbocycles. The third-order valence-electron chi connectivity index (χ3n) is 2.92. The molecule has 3 nitrogen and oxygen atoms in total. The van der Waals surface area contributed by atoms with Crippen molar-refractivity contribution in [2.75, 3.05) is 24.3 Å². The topological polar surface area (TPSA) is 28.4 Å². The van der Waals surface area contributed by atoms with Crippen LogP contribution in [-0.2, 0) is 13.0 Å². The van der Waals surface area contributed by atoms with Gasteiger partial charge in [0.15, 0.2) is 0 Å². The first kappa shape index (κ1) is 12.6. The average Bonchev–Trinajstić information content (AvgIpc) is 2.85. The zero-order chi connectivity index (χ0) is 13.0. The SMILES string of the molecule is CCc1ccc(CNc2ccc(N(C)C)cc2)o1. The lowest BCUT2D eigenvalue weighted by Crippen LogP contribution is -2.08. The molecule has 2 aromatic rings. The van der Waals surface area contributed by atoms with E-state index in [4.69, 9.17) is 4.42 Å². The minimum atomic E-state index is 0.724. The van der Waals surface area contributed by atoms with Crippen molar-refractivity contribution in [3.8, 4) is 0 Å². The van der Waals surface area contributed by atoms with E-state index in [0.29, 0.717) is 0 Å². The Balaban J connectivity index is 1.93. The van der Waals surface area contributed by atoms with Crippen LogP contribution in [0.1, 0.15) is 18.4 Å². The molecule has 0 radical (unpaired) electrons. The standard InChI is InChI=1S/C15H20N2O/c1-4-14-9-10-15(18-14)11-16-12-5-7-13(8-6-12)17(2)3/h5-10,16H,4,11H2,1-3H3. The van der Waals surface area contributed by atoms with Crippen LogP contribution in [0.5, 0.6) is 0 Å². The minimum absolute atomic E-state index is 0.724. The van der Waals surface area contributed by atoms with Crippen molar-refractivity contribution in [3.05, 3.63) is 47.9 Å². The van der Waals surface area contributed by atoms with Crippen LogP contribution in [0.15, 0.2) is 40.8 Å². The lowest BCUT2D eigenvalue weighted by Gasteiger charge is -2.13. The predicted octanol–water partition coefficient (Wildman–Crippen LogP) is 3.52. The van der Waals surface area contributed by atoms with Gasteiger partial charge in [0.1, 0.15) is 11.5 Å². The predicted molar refractivity (Wildman–Crippen MR) is 76.2 cm³/mol. The summed E-state index contributed by atoms with van der Waals surface area (Å²) in [5.41, 5.74) is 2.31. The molecule has 0 aliphatic heterocycles. The summed E-state index contributed by atoms with van der Waals surface area (Å²) < 4.78 is 5.65. The second-order valence-electron chi connectivity index (χ2n) is 4.52. The van der Waals surface area contributed by atoms with Crippen LogP contribution in [-0.4, -0.2) is 14.1 Å². The van der Waals surface area contributed by atoms with E-state index in [1.54, 1.807) is 0 Å². The fourth-order valence-corrected chi connectivity index (χ4v) is 1.77. The number of aryl methyl sites for hydroxylation is 1. The molecule has 1 N–H and O–H groups in total. The summed E-state index contributed by atoms with van der Waals surface area (Å²) in [7, 11) is 4.08. The summed E-state index contributed by atoms with van der Waals surface area (Å²) in [6, 6.07) is 12.4. The van der Waals surface area contributed by atoms with Gasteiger partial charge in [-0.1, -0.05) is 6.92 Å². The van der Waals surface area contributed by atoms with E-state index in [0.717, 1.165) is 30.2 Å². The van der Waals surface area contributed by atoms with Crippen LogP contribution >= 0.6 is 0 Å². The van der Waals surface area contributed by atoms with Crippen molar-refractivity contribution in [2.45, 2.75) is 19.9 Å². The van der Waals surface area contributed by atoms with Gasteiger partial charge in [0.2, 0.25) is 0 Å². The zero-order valence-corrected chi connectivity index (χ0v) is 11.2. The van der Waals surface area contributed by atoms with Crippen LogP contribution in [0.3, 0.4) is 0 Å². The number of anilines is 2. The largest absolute Gasteiger partial charge is 0.464 e. The van der Waals surface area contributed by atoms with E-state index in [2.05, 4.69) is 41.4 Å². The van der Waals surface area contributed by atoms with E-state index < -0.39 is 0 Å². The molecule has 2 rings (SSSR count). The second-order valence-corrected chi connectivity index (χ2v) is 4.52. The molecule has 0 atom stereocenters. The third kappa shape index (κ3) is 3.06. The van der Waals surface area contributed by atoms with Crippen molar-refractivity contribution in [1.29, 1.82) is 0 Å². The summed E-state index contributed by atoms with van der Waals surface area (Å²) in [5.74, 6) is 2.01. The maximum absolute atomic E-state index is 5.65. The molecule has 0 saturated heterocycles. The second kappa shape index (κ2) is 5.63. The molecule has 0 amide bonds. The van der Waals surface area contributed by atoms with Crippen LogP contribution in [0, 0.1) is 0 Å². The van der Waals surface area contributed by atoms with Gasteiger partial charge in [-0.15, -0.1) is 0 Å². The van der Waals surface area contributed by atoms with Crippen LogP contribution in [0.4, 0.5) is 11.4 Å². The number of hydrogen-bond acceptors (Lipinski definition) is 3. The Morgan fingerprint density at radius 1 is 1.00 bits per heavy atom. The minimum Gasteiger partial charge on any atom is -0.464 e. The fourth-order valence-electron chi connectivity index (χ4n) is 1.77. The van der Waals surface area contributed by atoms with Gasteiger partial charge in [0.05, 0.1) is 6.54 Å². The van der Waals surface area contributed by atoms with E-state index in [9.17, 15) is 0 Å². The first-order valence-corrected chi connectivity index (χ1v) is 6.28. The van der Waals surface area contributed by atoms with Gasteiger partial charge < -0.3 is 14.6 Å². The smallest absolute Gasteiger partial charge is 0.123 e. The van der Waals surface area contributed by atoms with Crippen LogP contribution < -0.4 is 10.2 Å². The Morgan fingerprint density at radius 3 is 2.22 bits per heavy atom. The Bertz CT molecular complexity index is 485. The summed E-state index contributed by atoms with van der Waals surface area (Å²) in [5, 5.41) is 3.35. The van der Waals surface area contributed by atoms with Gasteiger partial charge in [0, 0.05) is 31.9 Å². The lowest BCUT2D eigenvalue weighted by molar-refractivity contribution is 0.476. The van der Waals surface area contributed by atoms with Gasteiger partial charge in [0.25, 0.3) is 0 Å². The highest BCUT2D eigenvalue weighted by molar-refractivity contribution is 5.54. The Kier molecular flexibility index (Phi) is 3.92. The number of hydrogen-bond donors (Lipinski definition) is 1. The summed E-state index contributed by atoms with van der Waals surface area (Å²) in [6.45, 7) is 2.82. The molecule has 1 aromatic heterocycles. The summed E-state index contributed by atoms with van der Waals surface area (Å²) in [6.07, 6.45) is 0.942. The van der Waals surface area contributed by atoms with Gasteiger partial charge in [-0.05, 0) is 36.4 Å². The highest BCUT2D eigenvalue weighted by Gasteiger charge is 2.00. The van der Waals surface area contributed by atoms with Gasteiger partial charge in [-0.2, -0.15) is 0 Å². The number of rotatable bonds is 5. The zero-order valence-electron chi connectivity index (χ0n) is 11.2. The molecular formula is C15H20N2O. The van der Waals surface area contributed by atoms with Crippen molar-refractivity contribution in [3.63, 3.8) is 0 Å². The molecule has 0 aliphatic carbocycles. The number of nitrogens with one attached hydrogen (secondary N) is 1. The van der Waals surface area contributed by atoms with E-state index >= 15 is 0 Å². The van der Waals surface area contributed by atoms with Crippen molar-refractivity contribution < 1.29 is 4.42 Å². The van der Waals surface area contributed by atoms with Crippen LogP contribution in [0.25, 0.3) is 0 Å². The molecule has 0 spiro atoms. The van der Waals surface area contributed by atoms with Crippen LogP contribution in [0.2, 0.25) is 0 Å². The monoisotopic (exact) mass is 244 g/mol. The molecule has 0 bridgehead atoms. The first-order chi connectivity index (χ1) is 8.69. The third-order valence-corrected chi connectivity index (χ3v) is 2.92. The average molecular weight is 244 g/mol.